The molecule has 0 radical (unpaired) electrons. The van der Waals surface area contributed by atoms with E-state index < -0.39 is 5.95 Å². The van der Waals surface area contributed by atoms with Crippen molar-refractivity contribution in [2.24, 2.45) is 0 Å². The number of aromatic nitrogens is 4. The van der Waals surface area contributed by atoms with Gasteiger partial charge in [-0.15, -0.1) is 10.2 Å². The summed E-state index contributed by atoms with van der Waals surface area (Å²) >= 11 is 0. The molecule has 3 aromatic rings. The highest BCUT2D eigenvalue weighted by atomic mass is 19.1. The van der Waals surface area contributed by atoms with Crippen LogP contribution in [0.3, 0.4) is 0 Å². The molecule has 0 aliphatic carbocycles. The molecule has 0 fully saturated rings. The summed E-state index contributed by atoms with van der Waals surface area (Å²) in [6.07, 6.45) is 0. The normalized spacial score (nSPS) is 10.9. The Balaban J connectivity index is 2.34. The van der Waals surface area contributed by atoms with Crippen LogP contribution in [0.25, 0.3) is 22.3 Å². The molecule has 0 amide bonds. The molecule has 0 atom stereocenters. The van der Waals surface area contributed by atoms with Crippen molar-refractivity contribution in [3.8, 4) is 11.3 Å². The number of nitrogen functional groups attached to an aromatic ring is 1. The average molecular weight is 229 g/mol. The van der Waals surface area contributed by atoms with E-state index in [1.165, 1.54) is 6.07 Å². The first kappa shape index (κ1) is 9.71. The maximum absolute atomic E-state index is 13.1. The standard InChI is InChI=1S/C11H8FN5/c12-9-5-7-10(15-17-16-11(7)14-9)6-3-1-2-4-8(6)13/h1-5H,13H2,(H,14,15,16). The molecule has 1 aromatic carbocycles. The molecular formula is C11H8FN5. The zero-order chi connectivity index (χ0) is 11.8. The third-order valence-electron chi connectivity index (χ3n) is 2.52. The lowest BCUT2D eigenvalue weighted by Crippen LogP contribution is -1.95. The van der Waals surface area contributed by atoms with Gasteiger partial charge in [0.2, 0.25) is 0 Å². The topological polar surface area (TPSA) is 80.5 Å². The van der Waals surface area contributed by atoms with Crippen molar-refractivity contribution >= 4 is 16.7 Å². The Morgan fingerprint density at radius 3 is 2.82 bits per heavy atom. The molecule has 0 saturated heterocycles. The minimum atomic E-state index is -0.474. The number of nitrogens with one attached hydrogen (secondary N) is 1. The molecule has 0 bridgehead atoms. The quantitative estimate of drug-likeness (QED) is 0.623. The first-order valence-corrected chi connectivity index (χ1v) is 4.98. The molecule has 3 N–H and O–H groups in total. The van der Waals surface area contributed by atoms with Gasteiger partial charge < -0.3 is 10.7 Å². The Labute approximate surface area is 95.5 Å². The van der Waals surface area contributed by atoms with E-state index in [1.54, 1.807) is 6.07 Å². The van der Waals surface area contributed by atoms with Crippen molar-refractivity contribution in [2.45, 2.75) is 0 Å². The molecule has 0 unspecified atom stereocenters. The molecule has 2 heterocycles. The minimum Gasteiger partial charge on any atom is -0.398 e. The molecule has 3 rings (SSSR count). The van der Waals surface area contributed by atoms with Crippen LogP contribution in [0.4, 0.5) is 10.1 Å². The minimum absolute atomic E-state index is 0.357. The van der Waals surface area contributed by atoms with Gasteiger partial charge in [-0.05, 0) is 11.3 Å². The molecule has 2 aromatic heterocycles. The summed E-state index contributed by atoms with van der Waals surface area (Å²) in [5, 5.41) is 11.8. The smallest absolute Gasteiger partial charge is 0.193 e. The average Bonchev–Trinajstić information content (AvgIpc) is 2.70. The Morgan fingerprint density at radius 2 is 2.00 bits per heavy atom. The third kappa shape index (κ3) is 1.50. The van der Waals surface area contributed by atoms with Crippen molar-refractivity contribution in [3.63, 3.8) is 0 Å². The summed E-state index contributed by atoms with van der Waals surface area (Å²) < 4.78 is 13.1. The number of H-pyrrole nitrogens is 1. The van der Waals surface area contributed by atoms with Gasteiger partial charge in [0.25, 0.3) is 0 Å². The summed E-state index contributed by atoms with van der Waals surface area (Å²) in [6, 6.07) is 8.56. The zero-order valence-electron chi connectivity index (χ0n) is 8.68. The van der Waals surface area contributed by atoms with E-state index in [0.29, 0.717) is 28.0 Å². The number of nitrogens with two attached hydrogens (primary N) is 1. The van der Waals surface area contributed by atoms with Gasteiger partial charge >= 0.3 is 0 Å². The fourth-order valence-electron chi connectivity index (χ4n) is 1.75. The molecule has 6 heteroatoms. The van der Waals surface area contributed by atoms with Crippen LogP contribution < -0.4 is 5.73 Å². The number of halogens is 1. The van der Waals surface area contributed by atoms with E-state index >= 15 is 0 Å². The lowest BCUT2D eigenvalue weighted by atomic mass is 10.1. The molecule has 0 aliphatic heterocycles. The summed E-state index contributed by atoms with van der Waals surface area (Å²) in [5.74, 6) is -0.474. The first-order valence-electron chi connectivity index (χ1n) is 4.98. The lowest BCUT2D eigenvalue weighted by Gasteiger charge is -2.03. The number of fused-ring (bicyclic) bond motifs is 1. The first-order chi connectivity index (χ1) is 8.25. The SMILES string of the molecule is Nc1ccccc1-c1nnnc2[nH]c(F)cc12. The maximum atomic E-state index is 13.1. The largest absolute Gasteiger partial charge is 0.398 e. The Bertz CT molecular complexity index is 691. The van der Waals surface area contributed by atoms with Crippen LogP contribution in [0.2, 0.25) is 0 Å². The molecule has 17 heavy (non-hydrogen) atoms. The predicted octanol–water partition coefficient (Wildman–Crippen LogP) is 1.74. The van der Waals surface area contributed by atoms with Gasteiger partial charge in [0.15, 0.2) is 11.6 Å². The van der Waals surface area contributed by atoms with Crippen LogP contribution in [-0.2, 0) is 0 Å². The molecule has 5 nitrogen and oxygen atoms in total. The highest BCUT2D eigenvalue weighted by molar-refractivity contribution is 5.93. The van der Waals surface area contributed by atoms with Crippen LogP contribution in [0, 0.1) is 5.95 Å². The summed E-state index contributed by atoms with van der Waals surface area (Å²) in [7, 11) is 0. The predicted molar refractivity (Wildman–Crippen MR) is 61.5 cm³/mol. The van der Waals surface area contributed by atoms with Crippen molar-refractivity contribution in [1.29, 1.82) is 0 Å². The fraction of sp³-hybridized carbons (Fsp3) is 0. The van der Waals surface area contributed by atoms with E-state index in [9.17, 15) is 4.39 Å². The number of hydrogen-bond donors (Lipinski definition) is 2. The van der Waals surface area contributed by atoms with E-state index in [0.717, 1.165) is 0 Å². The van der Waals surface area contributed by atoms with Crippen molar-refractivity contribution in [1.82, 2.24) is 20.4 Å². The summed E-state index contributed by atoms with van der Waals surface area (Å²) in [5.41, 5.74) is 8.02. The van der Waals surface area contributed by atoms with E-state index in [2.05, 4.69) is 20.4 Å². The number of benzene rings is 1. The molecule has 0 spiro atoms. The Morgan fingerprint density at radius 1 is 1.18 bits per heavy atom. The Hall–Kier alpha value is -2.50. The van der Waals surface area contributed by atoms with Gasteiger partial charge in [0.05, 0.1) is 5.39 Å². The lowest BCUT2D eigenvalue weighted by molar-refractivity contribution is 0.593. The second-order valence-electron chi connectivity index (χ2n) is 3.60. The van der Waals surface area contributed by atoms with Gasteiger partial charge in [0.1, 0.15) is 5.69 Å². The van der Waals surface area contributed by atoms with Crippen molar-refractivity contribution in [3.05, 3.63) is 36.3 Å². The molecule has 84 valence electrons. The van der Waals surface area contributed by atoms with Crippen molar-refractivity contribution in [2.75, 3.05) is 5.73 Å². The van der Waals surface area contributed by atoms with Crippen molar-refractivity contribution < 1.29 is 4.39 Å². The second kappa shape index (κ2) is 3.51. The van der Waals surface area contributed by atoms with Gasteiger partial charge in [-0.25, -0.2) is 0 Å². The summed E-state index contributed by atoms with van der Waals surface area (Å²) in [4.78, 5) is 2.47. The highest BCUT2D eigenvalue weighted by Crippen LogP contribution is 2.28. The van der Waals surface area contributed by atoms with Gasteiger partial charge in [0, 0.05) is 17.3 Å². The summed E-state index contributed by atoms with van der Waals surface area (Å²) in [6.45, 7) is 0. The highest BCUT2D eigenvalue weighted by Gasteiger charge is 2.12. The van der Waals surface area contributed by atoms with Crippen LogP contribution in [0.15, 0.2) is 30.3 Å². The van der Waals surface area contributed by atoms with Crippen LogP contribution in [-0.4, -0.2) is 20.4 Å². The van der Waals surface area contributed by atoms with E-state index in [4.69, 9.17) is 5.73 Å². The molecule has 0 aliphatic rings. The monoisotopic (exact) mass is 229 g/mol. The zero-order valence-corrected chi connectivity index (χ0v) is 8.68. The second-order valence-corrected chi connectivity index (χ2v) is 3.60. The van der Waals surface area contributed by atoms with Gasteiger partial charge in [-0.1, -0.05) is 18.2 Å². The van der Waals surface area contributed by atoms with Crippen LogP contribution >= 0.6 is 0 Å². The number of anilines is 1. The van der Waals surface area contributed by atoms with Gasteiger partial charge in [-0.2, -0.15) is 4.39 Å². The van der Waals surface area contributed by atoms with Crippen LogP contribution in [0.1, 0.15) is 0 Å². The molecule has 0 saturated carbocycles. The number of aromatic amines is 1. The maximum Gasteiger partial charge on any atom is 0.193 e. The number of hydrogen-bond acceptors (Lipinski definition) is 4. The van der Waals surface area contributed by atoms with Crippen LogP contribution in [0.5, 0.6) is 0 Å². The Kier molecular flexibility index (Phi) is 2.01. The fourth-order valence-corrected chi connectivity index (χ4v) is 1.75. The van der Waals surface area contributed by atoms with E-state index in [-0.39, 0.29) is 0 Å². The van der Waals surface area contributed by atoms with Gasteiger partial charge in [-0.3, -0.25) is 0 Å². The van der Waals surface area contributed by atoms with E-state index in [1.807, 2.05) is 18.2 Å². The molecular weight excluding hydrogens is 221 g/mol. The number of para-hydroxylation sites is 1. The number of rotatable bonds is 1. The third-order valence-corrected chi connectivity index (χ3v) is 2.52. The number of nitrogens with zero attached hydrogens (tertiary/aromatic N) is 3.